The smallest absolute Gasteiger partial charge is 0.376 e. The molecule has 4 N–H and O–H groups in total. The van der Waals surface area contributed by atoms with Crippen molar-refractivity contribution in [2.24, 2.45) is 5.41 Å². The van der Waals surface area contributed by atoms with Crippen molar-refractivity contribution in [1.82, 2.24) is 0 Å². The van der Waals surface area contributed by atoms with Crippen molar-refractivity contribution in [2.45, 2.75) is 57.5 Å². The number of ether oxygens (including phenoxy) is 6. The lowest BCUT2D eigenvalue weighted by Gasteiger charge is -2.35. The molecule has 0 aromatic carbocycles. The molecule has 16 nitrogen and oxygen atoms in total. The Balaban J connectivity index is 3.23. The van der Waals surface area contributed by atoms with Crippen molar-refractivity contribution >= 4 is 35.8 Å². The summed E-state index contributed by atoms with van der Waals surface area (Å²) < 4.78 is 29.7. The van der Waals surface area contributed by atoms with Crippen molar-refractivity contribution in [3.8, 4) is 0 Å². The monoisotopic (exact) mass is 600 g/mol. The van der Waals surface area contributed by atoms with Gasteiger partial charge in [-0.2, -0.15) is 0 Å². The minimum atomic E-state index is -2.44. The first-order valence-electron chi connectivity index (χ1n) is 12.1. The summed E-state index contributed by atoms with van der Waals surface area (Å²) >= 11 is 0. The van der Waals surface area contributed by atoms with Crippen LogP contribution in [0, 0.1) is 5.41 Å². The molecule has 0 aromatic rings. The zero-order valence-corrected chi connectivity index (χ0v) is 23.0. The molecule has 1 aliphatic rings. The zero-order valence-electron chi connectivity index (χ0n) is 23.0. The van der Waals surface area contributed by atoms with Crippen LogP contribution in [0.5, 0.6) is 0 Å². The first-order valence-corrected chi connectivity index (χ1v) is 12.1. The molecule has 0 spiro atoms. The Kier molecular flexibility index (Phi) is 11.7. The second-order valence-electron chi connectivity index (χ2n) is 9.41. The molecule has 1 aliphatic carbocycles. The molecular weight excluding hydrogens is 568 g/mol. The molecule has 16 heteroatoms. The van der Waals surface area contributed by atoms with Crippen molar-refractivity contribution in [1.29, 1.82) is 0 Å². The van der Waals surface area contributed by atoms with Gasteiger partial charge in [-0.05, 0) is 39.2 Å². The third-order valence-electron chi connectivity index (χ3n) is 5.60. The molecule has 0 atom stereocenters. The summed E-state index contributed by atoms with van der Waals surface area (Å²) in [6.45, 7) is 11.6. The number of rotatable bonds is 14. The quantitative estimate of drug-likeness (QED) is 0.0556. The Morgan fingerprint density at radius 2 is 0.833 bits per heavy atom. The third-order valence-corrected chi connectivity index (χ3v) is 5.60. The van der Waals surface area contributed by atoms with Crippen molar-refractivity contribution in [2.75, 3.05) is 13.2 Å². The molecular formula is C26H32O16. The number of carbonyl (C=O) groups is 6. The molecule has 1 saturated carbocycles. The number of hydrogen-bond acceptors (Lipinski definition) is 16. The van der Waals surface area contributed by atoms with Gasteiger partial charge in [0.1, 0.15) is 0 Å². The number of aliphatic hydroxyl groups is 4. The number of esters is 6. The van der Waals surface area contributed by atoms with Gasteiger partial charge in [-0.1, -0.05) is 19.3 Å². The highest BCUT2D eigenvalue weighted by Gasteiger charge is 2.51. The van der Waals surface area contributed by atoms with Crippen LogP contribution in [0.2, 0.25) is 0 Å². The van der Waals surface area contributed by atoms with Gasteiger partial charge in [-0.25, -0.2) is 19.2 Å². The van der Waals surface area contributed by atoms with Gasteiger partial charge >= 0.3 is 35.8 Å². The maximum absolute atomic E-state index is 13.3. The van der Waals surface area contributed by atoms with E-state index in [0.29, 0.717) is 19.3 Å². The Hall–Kier alpha value is -5.02. The van der Waals surface area contributed by atoms with E-state index in [1.165, 1.54) is 0 Å². The summed E-state index contributed by atoms with van der Waals surface area (Å²) in [5.41, 5.74) is -2.00. The average molecular weight is 601 g/mol. The lowest BCUT2D eigenvalue weighted by atomic mass is 9.74. The third kappa shape index (κ3) is 9.57. The Labute approximate surface area is 239 Å². The summed E-state index contributed by atoms with van der Waals surface area (Å²) in [6.07, 6.45) is 1.08. The normalized spacial score (nSPS) is 14.2. The van der Waals surface area contributed by atoms with Crippen LogP contribution in [-0.2, 0) is 57.2 Å². The van der Waals surface area contributed by atoms with Gasteiger partial charge in [0.25, 0.3) is 11.6 Å². The second kappa shape index (κ2) is 14.0. The first kappa shape index (κ1) is 35.0. The molecule has 42 heavy (non-hydrogen) atoms. The highest BCUT2D eigenvalue weighted by molar-refractivity contribution is 6.00. The Morgan fingerprint density at radius 1 is 0.571 bits per heavy atom. The fourth-order valence-corrected chi connectivity index (χ4v) is 3.50. The van der Waals surface area contributed by atoms with Crippen LogP contribution in [0.4, 0.5) is 0 Å². The van der Waals surface area contributed by atoms with Crippen LogP contribution in [0.3, 0.4) is 0 Å². The minimum Gasteiger partial charge on any atom is -0.502 e. The maximum Gasteiger partial charge on any atom is 0.376 e. The largest absolute Gasteiger partial charge is 0.502 e. The summed E-state index contributed by atoms with van der Waals surface area (Å²) in [5, 5.41) is 37.1. The zero-order chi connectivity index (χ0) is 32.5. The highest BCUT2D eigenvalue weighted by atomic mass is 16.8. The summed E-state index contributed by atoms with van der Waals surface area (Å²) in [6, 6.07) is 0. The van der Waals surface area contributed by atoms with E-state index in [-0.39, 0.29) is 12.8 Å². The molecule has 0 aliphatic heterocycles. The van der Waals surface area contributed by atoms with Gasteiger partial charge < -0.3 is 48.8 Å². The Morgan fingerprint density at radius 3 is 1.07 bits per heavy atom. The summed E-state index contributed by atoms with van der Waals surface area (Å²) in [7, 11) is 0. The van der Waals surface area contributed by atoms with E-state index < -0.39 is 89.1 Å². The van der Waals surface area contributed by atoms with E-state index in [4.69, 9.17) is 28.4 Å². The van der Waals surface area contributed by atoms with E-state index in [2.05, 4.69) is 26.3 Å². The maximum atomic E-state index is 13.3. The first-order chi connectivity index (χ1) is 19.3. The van der Waals surface area contributed by atoms with Gasteiger partial charge in [0, 0.05) is 13.8 Å². The van der Waals surface area contributed by atoms with Crippen LogP contribution < -0.4 is 0 Å². The summed E-state index contributed by atoms with van der Waals surface area (Å²) in [4.78, 5) is 74.1. The predicted molar refractivity (Wildman–Crippen MR) is 136 cm³/mol. The fourth-order valence-electron chi connectivity index (χ4n) is 3.50. The molecule has 0 aromatic heterocycles. The minimum absolute atomic E-state index is 0.112. The Bertz CT molecular complexity index is 1030. The number of hydrogen-bond donors (Lipinski definition) is 4. The van der Waals surface area contributed by atoms with E-state index in [1.54, 1.807) is 0 Å². The number of aliphatic hydroxyl groups excluding tert-OH is 4. The van der Waals surface area contributed by atoms with Gasteiger partial charge in [-0.15, -0.1) is 0 Å². The SMILES string of the molecule is C=C(O)C(=O)OC(C)(COC(=O)C1(C(=O)OCC(C)(OC(=O)C(=C)O)OC(=O)C(=C)O)CCCCC1)OC(=O)C(=C)O. The molecule has 0 radical (unpaired) electrons. The lowest BCUT2D eigenvalue weighted by Crippen LogP contribution is -2.49. The van der Waals surface area contributed by atoms with Crippen LogP contribution in [0.25, 0.3) is 0 Å². The standard InChI is InChI=1S/C26H32O16/c1-14(27)18(31)39-24(5,40-19(32)15(2)28)12-37-22(35)26(10-8-7-9-11-26)23(36)38-13-25(6,41-20(33)16(3)29)42-21(34)17(4)30/h27-30H,1-4,7-13H2,5-6H3. The molecule has 0 saturated heterocycles. The van der Waals surface area contributed by atoms with Gasteiger partial charge in [0.15, 0.2) is 41.7 Å². The van der Waals surface area contributed by atoms with Crippen LogP contribution in [-0.4, -0.2) is 81.0 Å². The molecule has 0 unspecified atom stereocenters. The summed E-state index contributed by atoms with van der Waals surface area (Å²) in [5.74, 6) is -17.6. The van der Waals surface area contributed by atoms with E-state index >= 15 is 0 Å². The molecule has 0 heterocycles. The van der Waals surface area contributed by atoms with Gasteiger partial charge in [-0.3, -0.25) is 9.59 Å². The van der Waals surface area contributed by atoms with E-state index in [0.717, 1.165) is 13.8 Å². The van der Waals surface area contributed by atoms with Gasteiger partial charge in [0.05, 0.1) is 0 Å². The van der Waals surface area contributed by atoms with Gasteiger partial charge in [0.2, 0.25) is 0 Å². The topological polar surface area (TPSA) is 239 Å². The van der Waals surface area contributed by atoms with E-state index in [1.807, 2.05) is 0 Å². The second-order valence-corrected chi connectivity index (χ2v) is 9.41. The molecule has 1 rings (SSSR count). The van der Waals surface area contributed by atoms with Crippen molar-refractivity contribution < 1.29 is 77.6 Å². The van der Waals surface area contributed by atoms with Crippen LogP contribution >= 0.6 is 0 Å². The molecule has 1 fully saturated rings. The number of carbonyl (C=O) groups excluding carboxylic acids is 6. The van der Waals surface area contributed by atoms with Crippen LogP contribution in [0.1, 0.15) is 46.0 Å². The van der Waals surface area contributed by atoms with Crippen LogP contribution in [0.15, 0.2) is 49.4 Å². The average Bonchev–Trinajstić information content (AvgIpc) is 2.90. The van der Waals surface area contributed by atoms with E-state index in [9.17, 15) is 49.2 Å². The molecule has 0 bridgehead atoms. The van der Waals surface area contributed by atoms with Crippen molar-refractivity contribution in [3.63, 3.8) is 0 Å². The highest BCUT2D eigenvalue weighted by Crippen LogP contribution is 2.39. The van der Waals surface area contributed by atoms with Crippen molar-refractivity contribution in [3.05, 3.63) is 49.4 Å². The molecule has 0 amide bonds. The predicted octanol–water partition coefficient (Wildman–Crippen LogP) is 1.92. The fraction of sp³-hybridized carbons (Fsp3) is 0.462. The molecule has 232 valence electrons. The lowest BCUT2D eigenvalue weighted by molar-refractivity contribution is -0.241.